The maximum Gasteiger partial charge on any atom is 0.258 e. The molecule has 4 nitrogen and oxygen atoms in total. The summed E-state index contributed by atoms with van der Waals surface area (Å²) < 4.78 is 0. The summed E-state index contributed by atoms with van der Waals surface area (Å²) in [5, 5.41) is 11.5. The van der Waals surface area contributed by atoms with Crippen LogP contribution in [0.15, 0.2) is 60.7 Å². The second-order valence-electron chi connectivity index (χ2n) is 6.85. The summed E-state index contributed by atoms with van der Waals surface area (Å²) in [4.78, 5) is 17.4. The summed E-state index contributed by atoms with van der Waals surface area (Å²) in [5.74, 6) is -0.0807. The van der Waals surface area contributed by atoms with Crippen LogP contribution in [0.2, 0.25) is 0 Å². The number of anilines is 1. The molecular formula is C23H23N3O. The van der Waals surface area contributed by atoms with Gasteiger partial charge < -0.3 is 9.80 Å². The minimum Gasteiger partial charge on any atom is -0.308 e. The van der Waals surface area contributed by atoms with E-state index in [9.17, 15) is 10.1 Å². The van der Waals surface area contributed by atoms with Crippen molar-refractivity contribution < 1.29 is 4.79 Å². The van der Waals surface area contributed by atoms with E-state index < -0.39 is 0 Å². The molecule has 1 amide bonds. The van der Waals surface area contributed by atoms with Gasteiger partial charge in [-0.15, -0.1) is 0 Å². The van der Waals surface area contributed by atoms with E-state index in [0.29, 0.717) is 17.7 Å². The third-order valence-electron chi connectivity index (χ3n) is 4.76. The maximum absolute atomic E-state index is 13.5. The smallest absolute Gasteiger partial charge is 0.258 e. The first kappa shape index (κ1) is 18.6. The van der Waals surface area contributed by atoms with E-state index in [1.54, 1.807) is 18.2 Å². The molecule has 136 valence electrons. The Labute approximate surface area is 160 Å². The molecule has 0 bridgehead atoms. The van der Waals surface area contributed by atoms with Gasteiger partial charge >= 0.3 is 0 Å². The Hall–Kier alpha value is -3.16. The summed E-state index contributed by atoms with van der Waals surface area (Å²) >= 11 is 0. The van der Waals surface area contributed by atoms with Gasteiger partial charge in [0.25, 0.3) is 5.91 Å². The lowest BCUT2D eigenvalue weighted by molar-refractivity contribution is 0.0985. The molecule has 0 saturated heterocycles. The Kier molecular flexibility index (Phi) is 5.54. The highest BCUT2D eigenvalue weighted by atomic mass is 16.2. The first-order chi connectivity index (χ1) is 13.0. The number of nitriles is 1. The number of hydrogen-bond acceptors (Lipinski definition) is 3. The van der Waals surface area contributed by atoms with Crippen molar-refractivity contribution in [3.63, 3.8) is 0 Å². The van der Waals surface area contributed by atoms with Crippen LogP contribution in [-0.4, -0.2) is 38.0 Å². The van der Waals surface area contributed by atoms with Crippen LogP contribution in [0.4, 0.5) is 5.69 Å². The average Bonchev–Trinajstić information content (AvgIpc) is 2.68. The molecule has 0 radical (unpaired) electrons. The van der Waals surface area contributed by atoms with Gasteiger partial charge in [0, 0.05) is 24.0 Å². The SMILES string of the molecule is Cc1c(C#N)cccc1C(=O)N(CCN(C)C)c1cccc2ccccc12. The lowest BCUT2D eigenvalue weighted by atomic mass is 10.0. The highest BCUT2D eigenvalue weighted by Gasteiger charge is 2.22. The van der Waals surface area contributed by atoms with E-state index in [-0.39, 0.29) is 5.91 Å². The number of carbonyl (C=O) groups excluding carboxylic acids is 1. The summed E-state index contributed by atoms with van der Waals surface area (Å²) in [6.07, 6.45) is 0. The molecule has 3 aromatic rings. The molecule has 3 aromatic carbocycles. The van der Waals surface area contributed by atoms with Crippen LogP contribution in [0.5, 0.6) is 0 Å². The fourth-order valence-corrected chi connectivity index (χ4v) is 3.21. The molecule has 3 rings (SSSR count). The van der Waals surface area contributed by atoms with Crippen molar-refractivity contribution >= 4 is 22.4 Å². The van der Waals surface area contributed by atoms with Gasteiger partial charge in [0.1, 0.15) is 0 Å². The van der Waals surface area contributed by atoms with Gasteiger partial charge in [-0.2, -0.15) is 5.26 Å². The third-order valence-corrected chi connectivity index (χ3v) is 4.76. The van der Waals surface area contributed by atoms with Crippen molar-refractivity contribution in [2.45, 2.75) is 6.92 Å². The molecule has 27 heavy (non-hydrogen) atoms. The first-order valence-electron chi connectivity index (χ1n) is 8.97. The summed E-state index contributed by atoms with van der Waals surface area (Å²) in [5.41, 5.74) is 2.72. The van der Waals surface area contributed by atoms with E-state index in [2.05, 4.69) is 23.1 Å². The Balaban J connectivity index is 2.11. The fraction of sp³-hybridized carbons (Fsp3) is 0.217. The van der Waals surface area contributed by atoms with E-state index in [0.717, 1.165) is 28.6 Å². The van der Waals surface area contributed by atoms with Crippen molar-refractivity contribution in [3.8, 4) is 6.07 Å². The number of hydrogen-bond donors (Lipinski definition) is 0. The molecule has 0 aliphatic rings. The normalized spacial score (nSPS) is 10.8. The van der Waals surface area contributed by atoms with E-state index in [1.165, 1.54) is 0 Å². The first-order valence-corrected chi connectivity index (χ1v) is 8.97. The number of likely N-dealkylation sites (N-methyl/N-ethyl adjacent to an activating group) is 1. The third kappa shape index (κ3) is 3.84. The molecule has 0 unspecified atom stereocenters. The number of carbonyl (C=O) groups is 1. The minimum atomic E-state index is -0.0807. The number of amides is 1. The average molecular weight is 357 g/mol. The van der Waals surface area contributed by atoms with Crippen LogP contribution in [0.25, 0.3) is 10.8 Å². The summed E-state index contributed by atoms with van der Waals surface area (Å²) in [7, 11) is 3.99. The van der Waals surface area contributed by atoms with Gasteiger partial charge in [-0.25, -0.2) is 0 Å². The maximum atomic E-state index is 13.5. The fourth-order valence-electron chi connectivity index (χ4n) is 3.21. The quantitative estimate of drug-likeness (QED) is 0.686. The van der Waals surface area contributed by atoms with E-state index in [1.807, 2.05) is 56.3 Å². The summed E-state index contributed by atoms with van der Waals surface area (Å²) in [6, 6.07) is 21.6. The van der Waals surface area contributed by atoms with Gasteiger partial charge in [0.2, 0.25) is 0 Å². The topological polar surface area (TPSA) is 47.3 Å². The van der Waals surface area contributed by atoms with Crippen LogP contribution < -0.4 is 4.90 Å². The van der Waals surface area contributed by atoms with Crippen LogP contribution in [0.1, 0.15) is 21.5 Å². The zero-order chi connectivity index (χ0) is 19.4. The molecule has 0 N–H and O–H groups in total. The molecule has 0 aliphatic heterocycles. The largest absolute Gasteiger partial charge is 0.308 e. The van der Waals surface area contributed by atoms with E-state index >= 15 is 0 Å². The van der Waals surface area contributed by atoms with Crippen LogP contribution in [-0.2, 0) is 0 Å². The van der Waals surface area contributed by atoms with Gasteiger partial charge in [0.05, 0.1) is 17.3 Å². The molecular weight excluding hydrogens is 334 g/mol. The Morgan fingerprint density at radius 3 is 2.41 bits per heavy atom. The van der Waals surface area contributed by atoms with Crippen molar-refractivity contribution in [2.24, 2.45) is 0 Å². The molecule has 0 fully saturated rings. The second kappa shape index (κ2) is 8.03. The highest BCUT2D eigenvalue weighted by molar-refractivity contribution is 6.11. The van der Waals surface area contributed by atoms with Crippen molar-refractivity contribution in [3.05, 3.63) is 77.4 Å². The molecule has 4 heteroatoms. The minimum absolute atomic E-state index is 0.0807. The lowest BCUT2D eigenvalue weighted by Gasteiger charge is -2.26. The molecule has 0 atom stereocenters. The van der Waals surface area contributed by atoms with Crippen LogP contribution in [0.3, 0.4) is 0 Å². The predicted octanol–water partition coefficient (Wildman–Crippen LogP) is 4.23. The van der Waals surface area contributed by atoms with E-state index in [4.69, 9.17) is 0 Å². The number of nitrogens with zero attached hydrogens (tertiary/aromatic N) is 3. The van der Waals surface area contributed by atoms with Crippen molar-refractivity contribution in [1.29, 1.82) is 5.26 Å². The zero-order valence-electron chi connectivity index (χ0n) is 15.9. The van der Waals surface area contributed by atoms with Gasteiger partial charge in [-0.05, 0) is 50.2 Å². The van der Waals surface area contributed by atoms with Crippen LogP contribution in [0, 0.1) is 18.3 Å². The predicted molar refractivity (Wildman–Crippen MR) is 110 cm³/mol. The molecule has 0 aliphatic carbocycles. The molecule has 0 aromatic heterocycles. The molecule has 0 heterocycles. The van der Waals surface area contributed by atoms with Crippen molar-refractivity contribution in [2.75, 3.05) is 32.1 Å². The number of rotatable bonds is 5. The van der Waals surface area contributed by atoms with Gasteiger partial charge in [-0.3, -0.25) is 4.79 Å². The molecule has 0 saturated carbocycles. The second-order valence-corrected chi connectivity index (χ2v) is 6.85. The monoisotopic (exact) mass is 357 g/mol. The van der Waals surface area contributed by atoms with Crippen LogP contribution >= 0.6 is 0 Å². The standard InChI is InChI=1S/C23H23N3O/c1-17-19(16-24)10-6-12-20(17)23(27)26(15-14-25(2)3)22-13-7-9-18-8-4-5-11-21(18)22/h4-13H,14-15H2,1-3H3. The number of fused-ring (bicyclic) bond motifs is 1. The van der Waals surface area contributed by atoms with Gasteiger partial charge in [0.15, 0.2) is 0 Å². The Bertz CT molecular complexity index is 1010. The summed E-state index contributed by atoms with van der Waals surface area (Å²) in [6.45, 7) is 3.14. The Morgan fingerprint density at radius 2 is 1.67 bits per heavy atom. The van der Waals surface area contributed by atoms with Gasteiger partial charge in [-0.1, -0.05) is 42.5 Å². The molecule has 0 spiro atoms. The van der Waals surface area contributed by atoms with Crippen molar-refractivity contribution in [1.82, 2.24) is 4.90 Å². The number of benzene rings is 3. The zero-order valence-corrected chi connectivity index (χ0v) is 15.9. The lowest BCUT2D eigenvalue weighted by Crippen LogP contribution is -2.37. The Morgan fingerprint density at radius 1 is 0.963 bits per heavy atom. The highest BCUT2D eigenvalue weighted by Crippen LogP contribution is 2.28.